The number of carbonyl (C=O) groups excluding carboxylic acids is 2. The summed E-state index contributed by atoms with van der Waals surface area (Å²) in [6, 6.07) is 7.44. The Hall–Kier alpha value is -2.04. The average Bonchev–Trinajstić information content (AvgIpc) is 2.80. The highest BCUT2D eigenvalue weighted by Crippen LogP contribution is 2.33. The van der Waals surface area contributed by atoms with Crippen LogP contribution in [0, 0.1) is 5.92 Å². The molecule has 22 heavy (non-hydrogen) atoms. The molecule has 1 unspecified atom stereocenters. The lowest BCUT2D eigenvalue weighted by Crippen LogP contribution is -2.44. The minimum absolute atomic E-state index is 0.0405. The molecule has 0 bridgehead atoms. The Morgan fingerprint density at radius 3 is 2.68 bits per heavy atom. The standard InChI is InChI=1S/C17H24N2O3/c1-5-22-14-9-7-6-8-13(14)19-11-12(10-15(19)20)16(21)18-17(2,3)4/h6-9,12H,5,10-11H2,1-4H3,(H,18,21). The third kappa shape index (κ3) is 3.78. The summed E-state index contributed by atoms with van der Waals surface area (Å²) in [5.41, 5.74) is 0.442. The molecule has 1 N–H and O–H groups in total. The third-order valence-corrected chi connectivity index (χ3v) is 3.45. The van der Waals surface area contributed by atoms with Gasteiger partial charge in [0.1, 0.15) is 5.75 Å². The maximum atomic E-state index is 12.3. The van der Waals surface area contributed by atoms with Gasteiger partial charge >= 0.3 is 0 Å². The van der Waals surface area contributed by atoms with Crippen molar-refractivity contribution in [2.75, 3.05) is 18.1 Å². The second kappa shape index (κ2) is 6.38. The molecule has 2 amide bonds. The van der Waals surface area contributed by atoms with Crippen molar-refractivity contribution < 1.29 is 14.3 Å². The third-order valence-electron chi connectivity index (χ3n) is 3.45. The second-order valence-electron chi connectivity index (χ2n) is 6.55. The summed E-state index contributed by atoms with van der Waals surface area (Å²) in [6.07, 6.45) is 0.238. The summed E-state index contributed by atoms with van der Waals surface area (Å²) >= 11 is 0. The smallest absolute Gasteiger partial charge is 0.227 e. The van der Waals surface area contributed by atoms with E-state index in [1.54, 1.807) is 4.90 Å². The lowest BCUT2D eigenvalue weighted by molar-refractivity contribution is -0.127. The first-order valence-corrected chi connectivity index (χ1v) is 7.66. The Bertz CT molecular complexity index is 563. The Labute approximate surface area is 131 Å². The number of para-hydroxylation sites is 2. The summed E-state index contributed by atoms with van der Waals surface area (Å²) in [4.78, 5) is 26.2. The fraction of sp³-hybridized carbons (Fsp3) is 0.529. The van der Waals surface area contributed by atoms with Crippen LogP contribution in [0.4, 0.5) is 5.69 Å². The minimum Gasteiger partial charge on any atom is -0.492 e. The quantitative estimate of drug-likeness (QED) is 0.929. The average molecular weight is 304 g/mol. The molecule has 0 radical (unpaired) electrons. The number of nitrogens with zero attached hydrogens (tertiary/aromatic N) is 1. The van der Waals surface area contributed by atoms with E-state index in [1.165, 1.54) is 0 Å². The number of amides is 2. The minimum atomic E-state index is -0.318. The van der Waals surface area contributed by atoms with Crippen molar-refractivity contribution in [3.05, 3.63) is 24.3 Å². The number of hydrogen-bond acceptors (Lipinski definition) is 3. The topological polar surface area (TPSA) is 58.6 Å². The fourth-order valence-corrected chi connectivity index (χ4v) is 2.55. The van der Waals surface area contributed by atoms with Crippen LogP contribution in [0.1, 0.15) is 34.1 Å². The molecule has 1 aliphatic rings. The van der Waals surface area contributed by atoms with Crippen LogP contribution in [0.2, 0.25) is 0 Å². The molecule has 5 heteroatoms. The molecular formula is C17H24N2O3. The van der Waals surface area contributed by atoms with Gasteiger partial charge in [0.05, 0.1) is 18.2 Å². The first-order chi connectivity index (χ1) is 10.3. The van der Waals surface area contributed by atoms with E-state index in [9.17, 15) is 9.59 Å². The summed E-state index contributed by atoms with van der Waals surface area (Å²) in [5, 5.41) is 2.94. The predicted octanol–water partition coefficient (Wildman–Crippen LogP) is 2.35. The van der Waals surface area contributed by atoms with Gasteiger partial charge in [-0.25, -0.2) is 0 Å². The van der Waals surface area contributed by atoms with Crippen LogP contribution < -0.4 is 15.0 Å². The van der Waals surface area contributed by atoms with Gasteiger partial charge in [0.25, 0.3) is 0 Å². The predicted molar refractivity (Wildman–Crippen MR) is 86.0 cm³/mol. The number of ether oxygens (including phenoxy) is 1. The van der Waals surface area contributed by atoms with E-state index in [2.05, 4.69) is 5.32 Å². The Balaban J connectivity index is 2.15. The van der Waals surface area contributed by atoms with E-state index in [0.29, 0.717) is 18.9 Å². The van der Waals surface area contributed by atoms with E-state index < -0.39 is 0 Å². The zero-order chi connectivity index (χ0) is 16.3. The summed E-state index contributed by atoms with van der Waals surface area (Å²) < 4.78 is 5.58. The fourth-order valence-electron chi connectivity index (χ4n) is 2.55. The molecule has 0 aromatic heterocycles. The number of anilines is 1. The number of nitrogens with one attached hydrogen (secondary N) is 1. The van der Waals surface area contributed by atoms with E-state index in [-0.39, 0.29) is 29.7 Å². The molecule has 0 saturated carbocycles. The van der Waals surface area contributed by atoms with Gasteiger partial charge in [-0.05, 0) is 39.8 Å². The first-order valence-electron chi connectivity index (χ1n) is 7.66. The number of benzene rings is 1. The highest BCUT2D eigenvalue weighted by atomic mass is 16.5. The van der Waals surface area contributed by atoms with Gasteiger partial charge in [-0.15, -0.1) is 0 Å². The van der Waals surface area contributed by atoms with Gasteiger partial charge < -0.3 is 15.0 Å². The Morgan fingerprint density at radius 1 is 1.36 bits per heavy atom. The van der Waals surface area contributed by atoms with Gasteiger partial charge in [0.15, 0.2) is 0 Å². The summed E-state index contributed by atoms with van der Waals surface area (Å²) in [5.74, 6) is 0.245. The van der Waals surface area contributed by atoms with Crippen molar-refractivity contribution in [2.45, 2.75) is 39.7 Å². The van der Waals surface area contributed by atoms with E-state index in [0.717, 1.165) is 5.69 Å². The van der Waals surface area contributed by atoms with Crippen molar-refractivity contribution in [1.82, 2.24) is 5.32 Å². The van der Waals surface area contributed by atoms with Crippen LogP contribution in [0.5, 0.6) is 5.75 Å². The molecule has 0 aliphatic carbocycles. The van der Waals surface area contributed by atoms with Gasteiger partial charge in [-0.2, -0.15) is 0 Å². The first kappa shape index (κ1) is 16.3. The lowest BCUT2D eigenvalue weighted by atomic mass is 10.0. The molecule has 1 aromatic carbocycles. The molecule has 1 heterocycles. The molecule has 1 aliphatic heterocycles. The molecule has 1 atom stereocenters. The summed E-state index contributed by atoms with van der Waals surface area (Å²) in [7, 11) is 0. The zero-order valence-electron chi connectivity index (χ0n) is 13.7. The molecule has 1 saturated heterocycles. The Kier molecular flexibility index (Phi) is 4.74. The van der Waals surface area contributed by atoms with Crippen LogP contribution in [0.25, 0.3) is 0 Å². The molecule has 0 spiro atoms. The number of rotatable bonds is 4. The molecule has 5 nitrogen and oxygen atoms in total. The molecule has 1 aromatic rings. The molecule has 1 fully saturated rings. The van der Waals surface area contributed by atoms with E-state index in [1.807, 2.05) is 52.0 Å². The van der Waals surface area contributed by atoms with Gasteiger partial charge in [-0.3, -0.25) is 9.59 Å². The second-order valence-corrected chi connectivity index (χ2v) is 6.55. The van der Waals surface area contributed by atoms with Crippen LogP contribution in [-0.2, 0) is 9.59 Å². The maximum absolute atomic E-state index is 12.3. The maximum Gasteiger partial charge on any atom is 0.227 e. The lowest BCUT2D eigenvalue weighted by Gasteiger charge is -2.23. The zero-order valence-corrected chi connectivity index (χ0v) is 13.7. The molecule has 120 valence electrons. The largest absolute Gasteiger partial charge is 0.492 e. The van der Waals surface area contributed by atoms with Crippen LogP contribution in [-0.4, -0.2) is 30.5 Å². The van der Waals surface area contributed by atoms with Crippen molar-refractivity contribution in [3.63, 3.8) is 0 Å². The van der Waals surface area contributed by atoms with Crippen molar-refractivity contribution in [3.8, 4) is 5.75 Å². The summed E-state index contributed by atoms with van der Waals surface area (Å²) in [6.45, 7) is 8.64. The van der Waals surface area contributed by atoms with Gasteiger partial charge in [-0.1, -0.05) is 12.1 Å². The highest BCUT2D eigenvalue weighted by molar-refractivity contribution is 6.01. The van der Waals surface area contributed by atoms with Crippen molar-refractivity contribution in [2.24, 2.45) is 5.92 Å². The Morgan fingerprint density at radius 2 is 2.05 bits per heavy atom. The van der Waals surface area contributed by atoms with Crippen LogP contribution in [0.3, 0.4) is 0 Å². The SMILES string of the molecule is CCOc1ccccc1N1CC(C(=O)NC(C)(C)C)CC1=O. The van der Waals surface area contributed by atoms with E-state index >= 15 is 0 Å². The van der Waals surface area contributed by atoms with Gasteiger partial charge in [0, 0.05) is 18.5 Å². The monoisotopic (exact) mass is 304 g/mol. The van der Waals surface area contributed by atoms with Crippen LogP contribution in [0.15, 0.2) is 24.3 Å². The van der Waals surface area contributed by atoms with Crippen LogP contribution >= 0.6 is 0 Å². The van der Waals surface area contributed by atoms with E-state index in [4.69, 9.17) is 4.74 Å². The number of hydrogen-bond donors (Lipinski definition) is 1. The molecular weight excluding hydrogens is 280 g/mol. The highest BCUT2D eigenvalue weighted by Gasteiger charge is 2.37. The van der Waals surface area contributed by atoms with Crippen molar-refractivity contribution in [1.29, 1.82) is 0 Å². The number of carbonyl (C=O) groups is 2. The molecule has 2 rings (SSSR count). The normalized spacial score (nSPS) is 18.5. The van der Waals surface area contributed by atoms with Crippen molar-refractivity contribution >= 4 is 17.5 Å². The van der Waals surface area contributed by atoms with Gasteiger partial charge in [0.2, 0.25) is 11.8 Å².